The number of halogens is 1. The molecule has 0 aliphatic carbocycles. The SMILES string of the molecule is CCOC(=O)C(CCC(C)C)(C(=O)O)c1ccc(Cl)cc1. The summed E-state index contributed by atoms with van der Waals surface area (Å²) in [6.07, 6.45) is 0.800. The van der Waals surface area contributed by atoms with E-state index in [2.05, 4.69) is 0 Å². The second-order valence-corrected chi connectivity index (χ2v) is 5.81. The number of rotatable bonds is 7. The van der Waals surface area contributed by atoms with Gasteiger partial charge >= 0.3 is 11.9 Å². The summed E-state index contributed by atoms with van der Waals surface area (Å²) in [5, 5.41) is 10.2. The molecule has 0 fully saturated rings. The van der Waals surface area contributed by atoms with Crippen molar-refractivity contribution in [2.45, 2.75) is 39.0 Å². The normalized spacial score (nSPS) is 13.8. The number of carboxylic acid groups (broad SMARTS) is 1. The Kier molecular flexibility index (Phi) is 6.21. The van der Waals surface area contributed by atoms with Gasteiger partial charge in [-0.3, -0.25) is 9.59 Å². The number of esters is 1. The number of carbonyl (C=O) groups is 2. The van der Waals surface area contributed by atoms with Crippen molar-refractivity contribution in [2.75, 3.05) is 6.61 Å². The van der Waals surface area contributed by atoms with Gasteiger partial charge in [0.15, 0.2) is 5.41 Å². The van der Waals surface area contributed by atoms with Crippen LogP contribution in [-0.4, -0.2) is 23.7 Å². The topological polar surface area (TPSA) is 63.6 Å². The largest absolute Gasteiger partial charge is 0.480 e. The van der Waals surface area contributed by atoms with Gasteiger partial charge in [0, 0.05) is 5.02 Å². The van der Waals surface area contributed by atoms with Crippen LogP contribution in [0.25, 0.3) is 0 Å². The Labute approximate surface area is 130 Å². The Hall–Kier alpha value is -1.55. The van der Waals surface area contributed by atoms with Gasteiger partial charge in [-0.05, 0) is 43.4 Å². The van der Waals surface area contributed by atoms with Gasteiger partial charge < -0.3 is 9.84 Å². The maximum atomic E-state index is 12.4. The maximum Gasteiger partial charge on any atom is 0.328 e. The summed E-state index contributed by atoms with van der Waals surface area (Å²) in [5.41, 5.74) is -1.27. The van der Waals surface area contributed by atoms with E-state index in [0.717, 1.165) is 0 Å². The molecule has 21 heavy (non-hydrogen) atoms. The Bertz CT molecular complexity index is 496. The first-order valence-corrected chi connectivity index (χ1v) is 7.39. The molecule has 1 unspecified atom stereocenters. The summed E-state index contributed by atoms with van der Waals surface area (Å²) < 4.78 is 5.03. The van der Waals surface area contributed by atoms with E-state index in [4.69, 9.17) is 16.3 Å². The van der Waals surface area contributed by atoms with Crippen LogP contribution in [0.4, 0.5) is 0 Å². The zero-order chi connectivity index (χ0) is 16.0. The van der Waals surface area contributed by atoms with Crippen LogP contribution in [0.15, 0.2) is 24.3 Å². The molecule has 5 heteroatoms. The van der Waals surface area contributed by atoms with Crippen molar-refractivity contribution in [3.8, 4) is 0 Å². The number of carbonyl (C=O) groups excluding carboxylic acids is 1. The van der Waals surface area contributed by atoms with E-state index < -0.39 is 17.4 Å². The van der Waals surface area contributed by atoms with Crippen LogP contribution in [0.2, 0.25) is 5.02 Å². The lowest BCUT2D eigenvalue weighted by molar-refractivity contribution is -0.162. The van der Waals surface area contributed by atoms with Crippen molar-refractivity contribution in [2.24, 2.45) is 5.92 Å². The molecule has 1 aromatic rings. The molecule has 1 rings (SSSR count). The van der Waals surface area contributed by atoms with E-state index in [9.17, 15) is 14.7 Å². The highest BCUT2D eigenvalue weighted by atomic mass is 35.5. The molecule has 1 N–H and O–H groups in total. The number of aliphatic carboxylic acids is 1. The van der Waals surface area contributed by atoms with Gasteiger partial charge in [0.05, 0.1) is 6.61 Å². The molecule has 0 aromatic heterocycles. The van der Waals surface area contributed by atoms with E-state index in [1.54, 1.807) is 31.2 Å². The fraction of sp³-hybridized carbons (Fsp3) is 0.500. The molecule has 1 atom stereocenters. The van der Waals surface area contributed by atoms with Crippen molar-refractivity contribution in [3.63, 3.8) is 0 Å². The van der Waals surface area contributed by atoms with Gasteiger partial charge in [0.1, 0.15) is 0 Å². The molecule has 0 bridgehead atoms. The molecule has 0 heterocycles. The molecule has 0 amide bonds. The van der Waals surface area contributed by atoms with Crippen molar-refractivity contribution in [1.82, 2.24) is 0 Å². The van der Waals surface area contributed by atoms with Crippen LogP contribution < -0.4 is 0 Å². The molecular weight excluding hydrogens is 292 g/mol. The minimum Gasteiger partial charge on any atom is -0.480 e. The van der Waals surface area contributed by atoms with Crippen molar-refractivity contribution in [1.29, 1.82) is 0 Å². The smallest absolute Gasteiger partial charge is 0.328 e. The minimum absolute atomic E-state index is 0.142. The Morgan fingerprint density at radius 2 is 1.86 bits per heavy atom. The Balaban J connectivity index is 3.32. The van der Waals surface area contributed by atoms with Crippen LogP contribution in [0.1, 0.15) is 39.2 Å². The lowest BCUT2D eigenvalue weighted by Gasteiger charge is -2.28. The molecule has 0 saturated heterocycles. The van der Waals surface area contributed by atoms with E-state index in [1.165, 1.54) is 0 Å². The van der Waals surface area contributed by atoms with Gasteiger partial charge in [-0.1, -0.05) is 37.6 Å². The highest BCUT2D eigenvalue weighted by molar-refractivity contribution is 6.30. The third-order valence-corrected chi connectivity index (χ3v) is 3.67. The fourth-order valence-electron chi connectivity index (χ4n) is 2.18. The molecule has 116 valence electrons. The summed E-state index contributed by atoms with van der Waals surface area (Å²) in [5.74, 6) is -1.63. The number of benzene rings is 1. The van der Waals surface area contributed by atoms with Crippen LogP contribution >= 0.6 is 11.6 Å². The molecule has 1 aromatic carbocycles. The summed E-state index contributed by atoms with van der Waals surface area (Å²) >= 11 is 5.85. The monoisotopic (exact) mass is 312 g/mol. The van der Waals surface area contributed by atoms with E-state index in [0.29, 0.717) is 17.0 Å². The molecule has 0 spiro atoms. The quantitative estimate of drug-likeness (QED) is 0.616. The van der Waals surface area contributed by atoms with E-state index >= 15 is 0 Å². The van der Waals surface area contributed by atoms with Gasteiger partial charge in [-0.2, -0.15) is 0 Å². The molecule has 0 saturated carbocycles. The lowest BCUT2D eigenvalue weighted by Crippen LogP contribution is -2.45. The summed E-state index contributed by atoms with van der Waals surface area (Å²) in [4.78, 5) is 24.3. The molecule has 0 aliphatic heterocycles. The maximum absolute atomic E-state index is 12.4. The second-order valence-electron chi connectivity index (χ2n) is 5.37. The zero-order valence-electron chi connectivity index (χ0n) is 12.6. The van der Waals surface area contributed by atoms with Crippen molar-refractivity contribution >= 4 is 23.5 Å². The predicted octanol–water partition coefficient (Wildman–Crippen LogP) is 3.66. The van der Waals surface area contributed by atoms with Crippen LogP contribution in [-0.2, 0) is 19.7 Å². The molecular formula is C16H21ClO4. The number of hydrogen-bond donors (Lipinski definition) is 1. The Morgan fingerprint density at radius 3 is 2.29 bits per heavy atom. The lowest BCUT2D eigenvalue weighted by atomic mass is 9.75. The highest BCUT2D eigenvalue weighted by Crippen LogP contribution is 2.34. The first-order valence-electron chi connectivity index (χ1n) is 7.01. The molecule has 0 aliphatic rings. The second kappa shape index (κ2) is 7.46. The molecule has 0 radical (unpaired) electrons. The highest BCUT2D eigenvalue weighted by Gasteiger charge is 2.49. The van der Waals surface area contributed by atoms with Gasteiger partial charge in [-0.15, -0.1) is 0 Å². The van der Waals surface area contributed by atoms with Gasteiger partial charge in [0.25, 0.3) is 0 Å². The van der Waals surface area contributed by atoms with E-state index in [1.807, 2.05) is 13.8 Å². The van der Waals surface area contributed by atoms with Crippen LogP contribution in [0.5, 0.6) is 0 Å². The van der Waals surface area contributed by atoms with Crippen LogP contribution in [0.3, 0.4) is 0 Å². The van der Waals surface area contributed by atoms with Crippen LogP contribution in [0, 0.1) is 5.92 Å². The summed E-state index contributed by atoms with van der Waals surface area (Å²) in [7, 11) is 0. The van der Waals surface area contributed by atoms with Gasteiger partial charge in [-0.25, -0.2) is 0 Å². The van der Waals surface area contributed by atoms with E-state index in [-0.39, 0.29) is 18.9 Å². The third-order valence-electron chi connectivity index (χ3n) is 3.42. The van der Waals surface area contributed by atoms with Gasteiger partial charge in [0.2, 0.25) is 0 Å². The average Bonchev–Trinajstić information content (AvgIpc) is 2.41. The molecule has 4 nitrogen and oxygen atoms in total. The summed E-state index contributed by atoms with van der Waals surface area (Å²) in [6, 6.07) is 6.33. The van der Waals surface area contributed by atoms with Crippen molar-refractivity contribution < 1.29 is 19.4 Å². The first kappa shape index (κ1) is 17.5. The standard InChI is InChI=1S/C16H21ClO4/c1-4-21-15(20)16(14(18)19,10-9-11(2)3)12-5-7-13(17)8-6-12/h5-8,11H,4,9-10H2,1-3H3,(H,18,19). The Morgan fingerprint density at radius 1 is 1.29 bits per heavy atom. The predicted molar refractivity (Wildman–Crippen MR) is 81.5 cm³/mol. The zero-order valence-corrected chi connectivity index (χ0v) is 13.3. The number of ether oxygens (including phenoxy) is 1. The average molecular weight is 313 g/mol. The summed E-state index contributed by atoms with van der Waals surface area (Å²) in [6.45, 7) is 5.78. The fourth-order valence-corrected chi connectivity index (χ4v) is 2.30. The van der Waals surface area contributed by atoms with Crippen molar-refractivity contribution in [3.05, 3.63) is 34.9 Å². The minimum atomic E-state index is -1.68. The number of carboxylic acids is 1. The number of hydrogen-bond acceptors (Lipinski definition) is 3. The first-order chi connectivity index (χ1) is 9.84. The third kappa shape index (κ3) is 3.97.